The number of rotatable bonds is 1. The fraction of sp³-hybridized carbons (Fsp3) is 0.125. The number of aliphatic hydroxyl groups is 1. The molecule has 0 spiro atoms. The van der Waals surface area contributed by atoms with Gasteiger partial charge in [-0.25, -0.2) is 4.79 Å². The maximum atomic E-state index is 10.3. The fourth-order valence-corrected chi connectivity index (χ4v) is 0.728. The summed E-state index contributed by atoms with van der Waals surface area (Å²) in [6.45, 7) is 0. The molecule has 0 fully saturated rings. The number of aromatic hydroxyl groups is 3. The maximum absolute atomic E-state index is 10.3. The molecule has 0 aliphatic carbocycles. The van der Waals surface area contributed by atoms with Gasteiger partial charge in [0.15, 0.2) is 17.2 Å². The number of phenols is 3. The molecule has 5 N–H and O–H groups in total. The van der Waals surface area contributed by atoms with E-state index in [-0.39, 0.29) is 5.56 Å². The molecule has 14 heavy (non-hydrogen) atoms. The molecule has 1 aromatic rings. The summed E-state index contributed by atoms with van der Waals surface area (Å²) in [5.41, 5.74) is -0.289. The zero-order chi connectivity index (χ0) is 11.3. The van der Waals surface area contributed by atoms with Gasteiger partial charge < -0.3 is 25.5 Å². The Balaban J connectivity index is 0.000000791. The second-order valence-corrected chi connectivity index (χ2v) is 2.17. The lowest BCUT2D eigenvalue weighted by molar-refractivity contribution is 0.0696. The molecular formula is C8H10O6. The van der Waals surface area contributed by atoms with Crippen molar-refractivity contribution in [3.8, 4) is 17.2 Å². The van der Waals surface area contributed by atoms with Crippen molar-refractivity contribution in [3.05, 3.63) is 17.7 Å². The van der Waals surface area contributed by atoms with Crippen molar-refractivity contribution in [2.24, 2.45) is 0 Å². The van der Waals surface area contributed by atoms with Gasteiger partial charge in [-0.2, -0.15) is 0 Å². The molecule has 0 saturated heterocycles. The first-order chi connectivity index (χ1) is 6.52. The van der Waals surface area contributed by atoms with E-state index in [4.69, 9.17) is 25.5 Å². The highest BCUT2D eigenvalue weighted by Gasteiger charge is 2.11. The van der Waals surface area contributed by atoms with Crippen LogP contribution in [0.5, 0.6) is 17.2 Å². The molecule has 0 aliphatic heterocycles. The van der Waals surface area contributed by atoms with Crippen LogP contribution in [0.1, 0.15) is 10.4 Å². The molecule has 0 heterocycles. The van der Waals surface area contributed by atoms with Gasteiger partial charge in [-0.15, -0.1) is 0 Å². The lowest BCUT2D eigenvalue weighted by Crippen LogP contribution is -1.95. The number of carboxylic acid groups (broad SMARTS) is 1. The highest BCUT2D eigenvalue weighted by Crippen LogP contribution is 2.35. The third kappa shape index (κ3) is 2.53. The summed E-state index contributed by atoms with van der Waals surface area (Å²) in [7, 11) is 1.00. The maximum Gasteiger partial charge on any atom is 0.335 e. The molecule has 0 radical (unpaired) electrons. The van der Waals surface area contributed by atoms with Gasteiger partial charge in [0.2, 0.25) is 0 Å². The van der Waals surface area contributed by atoms with E-state index in [1.165, 1.54) is 0 Å². The van der Waals surface area contributed by atoms with E-state index in [1.807, 2.05) is 0 Å². The minimum Gasteiger partial charge on any atom is -0.504 e. The normalized spacial score (nSPS) is 8.71. The fourth-order valence-electron chi connectivity index (χ4n) is 0.728. The first kappa shape index (κ1) is 12.0. The van der Waals surface area contributed by atoms with Crippen LogP contribution in [-0.2, 0) is 0 Å². The van der Waals surface area contributed by atoms with Gasteiger partial charge >= 0.3 is 5.97 Å². The molecule has 6 nitrogen and oxygen atoms in total. The highest BCUT2D eigenvalue weighted by molar-refractivity contribution is 5.89. The van der Waals surface area contributed by atoms with Gasteiger partial charge in [-0.05, 0) is 12.1 Å². The Bertz CT molecular complexity index is 310. The third-order valence-electron chi connectivity index (χ3n) is 1.32. The minimum absolute atomic E-state index is 0.289. The molecule has 1 rings (SSSR count). The summed E-state index contributed by atoms with van der Waals surface area (Å²) in [5.74, 6) is -3.33. The summed E-state index contributed by atoms with van der Waals surface area (Å²) >= 11 is 0. The van der Waals surface area contributed by atoms with Crippen LogP contribution < -0.4 is 0 Å². The molecule has 1 aromatic carbocycles. The molecule has 0 aromatic heterocycles. The van der Waals surface area contributed by atoms with E-state index in [9.17, 15) is 4.79 Å². The average molecular weight is 202 g/mol. The van der Waals surface area contributed by atoms with Crippen molar-refractivity contribution in [1.82, 2.24) is 0 Å². The average Bonchev–Trinajstić information content (AvgIpc) is 2.16. The Morgan fingerprint density at radius 1 is 1.07 bits per heavy atom. The number of hydrogen-bond acceptors (Lipinski definition) is 5. The molecule has 0 amide bonds. The van der Waals surface area contributed by atoms with Crippen LogP contribution in [0.15, 0.2) is 12.1 Å². The monoisotopic (exact) mass is 202 g/mol. The number of benzene rings is 1. The predicted molar refractivity (Wildman–Crippen MR) is 46.5 cm³/mol. The van der Waals surface area contributed by atoms with Crippen molar-refractivity contribution < 1.29 is 30.3 Å². The van der Waals surface area contributed by atoms with E-state index in [2.05, 4.69) is 0 Å². The van der Waals surface area contributed by atoms with E-state index in [1.54, 1.807) is 0 Å². The highest BCUT2D eigenvalue weighted by atomic mass is 16.4. The van der Waals surface area contributed by atoms with Crippen LogP contribution >= 0.6 is 0 Å². The first-order valence-electron chi connectivity index (χ1n) is 3.45. The van der Waals surface area contributed by atoms with Gasteiger partial charge in [0.05, 0.1) is 5.56 Å². The Morgan fingerprint density at radius 2 is 1.43 bits per heavy atom. The van der Waals surface area contributed by atoms with E-state index in [0.29, 0.717) is 0 Å². The lowest BCUT2D eigenvalue weighted by Gasteiger charge is -2.01. The second-order valence-electron chi connectivity index (χ2n) is 2.17. The zero-order valence-electron chi connectivity index (χ0n) is 7.30. The zero-order valence-corrected chi connectivity index (χ0v) is 7.30. The Hall–Kier alpha value is -1.95. The van der Waals surface area contributed by atoms with Crippen molar-refractivity contribution in [2.45, 2.75) is 0 Å². The number of phenolic OH excluding ortho intramolecular Hbond substituents is 3. The Morgan fingerprint density at radius 3 is 1.71 bits per heavy atom. The van der Waals surface area contributed by atoms with Crippen LogP contribution in [0, 0.1) is 0 Å². The van der Waals surface area contributed by atoms with Crippen LogP contribution in [0.25, 0.3) is 0 Å². The standard InChI is InChI=1S/C7H6O5.CH4O/c8-4-1-3(7(11)12)2-5(9)6(4)10;1-2/h1-2,8-10H,(H,11,12);2H,1H3. The van der Waals surface area contributed by atoms with Crippen molar-refractivity contribution >= 4 is 5.97 Å². The van der Waals surface area contributed by atoms with Gasteiger partial charge in [0.1, 0.15) is 0 Å². The van der Waals surface area contributed by atoms with Crippen LogP contribution in [0.2, 0.25) is 0 Å². The molecule has 0 bridgehead atoms. The van der Waals surface area contributed by atoms with E-state index >= 15 is 0 Å². The van der Waals surface area contributed by atoms with Crippen molar-refractivity contribution in [2.75, 3.05) is 7.11 Å². The summed E-state index contributed by atoms with van der Waals surface area (Å²) in [6.07, 6.45) is 0. The minimum atomic E-state index is -1.29. The van der Waals surface area contributed by atoms with Gasteiger partial charge in [-0.3, -0.25) is 0 Å². The second kappa shape index (κ2) is 4.93. The van der Waals surface area contributed by atoms with E-state index < -0.39 is 23.2 Å². The molecular weight excluding hydrogens is 192 g/mol. The number of aromatic carboxylic acids is 1. The number of hydrogen-bond donors (Lipinski definition) is 5. The van der Waals surface area contributed by atoms with Gasteiger partial charge in [-0.1, -0.05) is 0 Å². The topological polar surface area (TPSA) is 118 Å². The number of aliphatic hydroxyl groups excluding tert-OH is 1. The smallest absolute Gasteiger partial charge is 0.335 e. The van der Waals surface area contributed by atoms with Crippen LogP contribution in [0.4, 0.5) is 0 Å². The number of carboxylic acids is 1. The molecule has 0 unspecified atom stereocenters. The molecule has 0 atom stereocenters. The molecule has 0 aliphatic rings. The van der Waals surface area contributed by atoms with Crippen molar-refractivity contribution in [1.29, 1.82) is 0 Å². The van der Waals surface area contributed by atoms with Gasteiger partial charge in [0, 0.05) is 7.11 Å². The lowest BCUT2D eigenvalue weighted by atomic mass is 10.2. The third-order valence-corrected chi connectivity index (χ3v) is 1.32. The first-order valence-corrected chi connectivity index (χ1v) is 3.45. The quantitative estimate of drug-likeness (QED) is 0.412. The summed E-state index contributed by atoms with van der Waals surface area (Å²) < 4.78 is 0. The largest absolute Gasteiger partial charge is 0.504 e. The Labute approximate surface area is 79.3 Å². The molecule has 0 saturated carbocycles. The van der Waals surface area contributed by atoms with Gasteiger partial charge in [0.25, 0.3) is 0 Å². The predicted octanol–water partition coefficient (Wildman–Crippen LogP) is 0.110. The molecule has 78 valence electrons. The van der Waals surface area contributed by atoms with Crippen LogP contribution in [-0.4, -0.2) is 38.6 Å². The summed E-state index contributed by atoms with van der Waals surface area (Å²) in [5, 5.41) is 42.0. The molecule has 6 heteroatoms. The van der Waals surface area contributed by atoms with Crippen LogP contribution in [0.3, 0.4) is 0 Å². The summed E-state index contributed by atoms with van der Waals surface area (Å²) in [6, 6.07) is 1.69. The Kier molecular flexibility index (Phi) is 4.24. The van der Waals surface area contributed by atoms with E-state index in [0.717, 1.165) is 19.2 Å². The number of carbonyl (C=O) groups is 1. The van der Waals surface area contributed by atoms with Crippen molar-refractivity contribution in [3.63, 3.8) is 0 Å². The summed E-state index contributed by atoms with van der Waals surface area (Å²) in [4.78, 5) is 10.3. The SMILES string of the molecule is CO.O=C(O)c1cc(O)c(O)c(O)c1.